The van der Waals surface area contributed by atoms with Crippen LogP contribution in [0.25, 0.3) is 0 Å². The van der Waals surface area contributed by atoms with Gasteiger partial charge in [-0.05, 0) is 61.2 Å². The molecule has 0 fully saturated rings. The number of nitrogens with zero attached hydrogens (tertiary/aromatic N) is 1. The maximum atomic E-state index is 12.3. The summed E-state index contributed by atoms with van der Waals surface area (Å²) in [6.07, 6.45) is 3.18. The van der Waals surface area contributed by atoms with Crippen molar-refractivity contribution in [3.05, 3.63) is 64.7 Å². The van der Waals surface area contributed by atoms with E-state index in [-0.39, 0.29) is 12.5 Å². The minimum absolute atomic E-state index is 0.107. The maximum absolute atomic E-state index is 12.3. The van der Waals surface area contributed by atoms with Crippen LogP contribution in [0.1, 0.15) is 46.8 Å². The van der Waals surface area contributed by atoms with Crippen LogP contribution >= 0.6 is 0 Å². The van der Waals surface area contributed by atoms with Gasteiger partial charge >= 0.3 is 0 Å². The van der Waals surface area contributed by atoms with E-state index in [1.54, 1.807) is 24.3 Å². The molecule has 0 aliphatic carbocycles. The van der Waals surface area contributed by atoms with Crippen LogP contribution in [-0.2, 0) is 16.6 Å². The van der Waals surface area contributed by atoms with Crippen molar-refractivity contribution in [3.63, 3.8) is 0 Å². The third-order valence-electron chi connectivity index (χ3n) is 4.54. The molecule has 2 aromatic rings. The smallest absolute Gasteiger partial charge is 0.251 e. The topological polar surface area (TPSA) is 66.5 Å². The molecule has 2 aromatic carbocycles. The molecule has 5 nitrogen and oxygen atoms in total. The quantitative estimate of drug-likeness (QED) is 0.700. The third-order valence-corrected chi connectivity index (χ3v) is 5.68. The van der Waals surface area contributed by atoms with Gasteiger partial charge in [0.15, 0.2) is 0 Å². The van der Waals surface area contributed by atoms with Gasteiger partial charge in [0.25, 0.3) is 5.91 Å². The lowest BCUT2D eigenvalue weighted by Gasteiger charge is -2.23. The zero-order valence-corrected chi connectivity index (χ0v) is 17.3. The van der Waals surface area contributed by atoms with Gasteiger partial charge in [0.05, 0.1) is 18.5 Å². The zero-order valence-electron chi connectivity index (χ0n) is 16.5. The number of carbonyl (C=O) groups is 1. The van der Waals surface area contributed by atoms with Crippen molar-refractivity contribution in [2.45, 2.75) is 40.2 Å². The summed E-state index contributed by atoms with van der Waals surface area (Å²) in [5, 5.41) is 2.88. The Kier molecular flexibility index (Phi) is 7.02. The summed E-state index contributed by atoms with van der Waals surface area (Å²) < 4.78 is 26.0. The SMILES string of the molecule is CCCCNC(=O)c1ccc(CN(c2ccc(C)c(C)c2)S(C)(=O)=O)cc1. The van der Waals surface area contributed by atoms with Crippen LogP contribution in [0.2, 0.25) is 0 Å². The highest BCUT2D eigenvalue weighted by Gasteiger charge is 2.18. The van der Waals surface area contributed by atoms with Crippen LogP contribution in [0.4, 0.5) is 5.69 Å². The second-order valence-corrected chi connectivity index (χ2v) is 8.75. The number of benzene rings is 2. The van der Waals surface area contributed by atoms with Gasteiger partial charge in [0.1, 0.15) is 0 Å². The summed E-state index contributed by atoms with van der Waals surface area (Å²) in [5.74, 6) is -0.107. The van der Waals surface area contributed by atoms with Crippen molar-refractivity contribution in [2.75, 3.05) is 17.1 Å². The maximum Gasteiger partial charge on any atom is 0.251 e. The van der Waals surface area contributed by atoms with Gasteiger partial charge in [0, 0.05) is 12.1 Å². The van der Waals surface area contributed by atoms with E-state index in [1.807, 2.05) is 32.0 Å². The highest BCUT2D eigenvalue weighted by atomic mass is 32.2. The van der Waals surface area contributed by atoms with Crippen LogP contribution in [-0.4, -0.2) is 27.1 Å². The molecule has 0 atom stereocenters. The predicted molar refractivity (Wildman–Crippen MR) is 111 cm³/mol. The molecule has 2 rings (SSSR count). The summed E-state index contributed by atoms with van der Waals surface area (Å²) in [7, 11) is -3.43. The van der Waals surface area contributed by atoms with Gasteiger partial charge in [-0.1, -0.05) is 31.5 Å². The molecule has 0 spiro atoms. The molecule has 0 radical (unpaired) electrons. The van der Waals surface area contributed by atoms with Crippen LogP contribution in [0.15, 0.2) is 42.5 Å². The first-order chi connectivity index (χ1) is 12.7. The Morgan fingerprint density at radius 2 is 1.70 bits per heavy atom. The van der Waals surface area contributed by atoms with E-state index >= 15 is 0 Å². The van der Waals surface area contributed by atoms with E-state index in [1.165, 1.54) is 10.6 Å². The van der Waals surface area contributed by atoms with Gasteiger partial charge < -0.3 is 5.32 Å². The monoisotopic (exact) mass is 388 g/mol. The second-order valence-electron chi connectivity index (χ2n) is 6.84. The van der Waals surface area contributed by atoms with Crippen LogP contribution in [0.5, 0.6) is 0 Å². The lowest BCUT2D eigenvalue weighted by atomic mass is 10.1. The Balaban J connectivity index is 2.18. The molecule has 0 saturated carbocycles. The van der Waals surface area contributed by atoms with Gasteiger partial charge in [-0.2, -0.15) is 0 Å². The standard InChI is InChI=1S/C21H28N2O3S/c1-5-6-13-22-21(24)19-10-8-18(9-11-19)15-23(27(4,25)26)20-12-7-16(2)17(3)14-20/h7-12,14H,5-6,13,15H2,1-4H3,(H,22,24). The Morgan fingerprint density at radius 1 is 1.04 bits per heavy atom. The summed E-state index contributed by atoms with van der Waals surface area (Å²) in [4.78, 5) is 12.1. The fourth-order valence-corrected chi connectivity index (χ4v) is 3.57. The second kappa shape index (κ2) is 9.04. The average Bonchev–Trinajstić information content (AvgIpc) is 2.62. The number of unbranched alkanes of at least 4 members (excludes halogenated alkanes) is 1. The number of sulfonamides is 1. The number of nitrogens with one attached hydrogen (secondary N) is 1. The number of rotatable bonds is 8. The minimum atomic E-state index is -3.43. The molecule has 0 heterocycles. The first-order valence-corrected chi connectivity index (χ1v) is 11.0. The predicted octanol–water partition coefficient (Wildman–Crippen LogP) is 3.80. The van der Waals surface area contributed by atoms with Crippen molar-refractivity contribution < 1.29 is 13.2 Å². The van der Waals surface area contributed by atoms with Crippen LogP contribution < -0.4 is 9.62 Å². The summed E-state index contributed by atoms with van der Waals surface area (Å²) >= 11 is 0. The van der Waals surface area contributed by atoms with Gasteiger partial charge in [-0.3, -0.25) is 9.10 Å². The molecule has 0 aromatic heterocycles. The summed E-state index contributed by atoms with van der Waals surface area (Å²) in [6, 6.07) is 12.7. The van der Waals surface area contributed by atoms with E-state index < -0.39 is 10.0 Å². The van der Waals surface area contributed by atoms with Gasteiger partial charge in [-0.15, -0.1) is 0 Å². The van der Waals surface area contributed by atoms with Crippen molar-refractivity contribution in [2.24, 2.45) is 0 Å². The van der Waals surface area contributed by atoms with E-state index in [0.717, 1.165) is 29.5 Å². The molecule has 0 aliphatic heterocycles. The number of aryl methyl sites for hydroxylation is 2. The van der Waals surface area contributed by atoms with Crippen LogP contribution in [0.3, 0.4) is 0 Å². The minimum Gasteiger partial charge on any atom is -0.352 e. The molecule has 0 saturated heterocycles. The summed E-state index contributed by atoms with van der Waals surface area (Å²) in [6.45, 7) is 6.91. The number of carbonyl (C=O) groups excluding carboxylic acids is 1. The highest BCUT2D eigenvalue weighted by molar-refractivity contribution is 7.92. The molecule has 0 bridgehead atoms. The Hall–Kier alpha value is -2.34. The fraction of sp³-hybridized carbons (Fsp3) is 0.381. The van der Waals surface area contributed by atoms with Crippen molar-refractivity contribution in [3.8, 4) is 0 Å². The average molecular weight is 389 g/mol. The molecular formula is C21H28N2O3S. The van der Waals surface area contributed by atoms with Crippen molar-refractivity contribution in [1.29, 1.82) is 0 Å². The van der Waals surface area contributed by atoms with E-state index in [0.29, 0.717) is 17.8 Å². The first-order valence-electron chi connectivity index (χ1n) is 9.14. The zero-order chi connectivity index (χ0) is 20.0. The largest absolute Gasteiger partial charge is 0.352 e. The molecule has 1 N–H and O–H groups in total. The van der Waals surface area contributed by atoms with Gasteiger partial charge in [-0.25, -0.2) is 8.42 Å². The molecule has 6 heteroatoms. The Morgan fingerprint density at radius 3 is 2.26 bits per heavy atom. The van der Waals surface area contributed by atoms with Crippen molar-refractivity contribution in [1.82, 2.24) is 5.32 Å². The van der Waals surface area contributed by atoms with E-state index in [4.69, 9.17) is 0 Å². The molecule has 0 aliphatic rings. The van der Waals surface area contributed by atoms with E-state index in [2.05, 4.69) is 12.2 Å². The lowest BCUT2D eigenvalue weighted by Crippen LogP contribution is -2.29. The molecular weight excluding hydrogens is 360 g/mol. The normalized spacial score (nSPS) is 11.3. The van der Waals surface area contributed by atoms with E-state index in [9.17, 15) is 13.2 Å². The first kappa shape index (κ1) is 21.0. The number of hydrogen-bond acceptors (Lipinski definition) is 3. The molecule has 27 heavy (non-hydrogen) atoms. The third kappa shape index (κ3) is 5.82. The molecule has 1 amide bonds. The number of amides is 1. The number of anilines is 1. The number of hydrogen-bond donors (Lipinski definition) is 1. The molecule has 0 unspecified atom stereocenters. The Bertz CT molecular complexity index is 890. The van der Waals surface area contributed by atoms with Crippen LogP contribution in [0, 0.1) is 13.8 Å². The fourth-order valence-electron chi connectivity index (χ4n) is 2.69. The Labute approximate surface area is 162 Å². The summed E-state index contributed by atoms with van der Waals surface area (Å²) in [5.41, 5.74) is 4.20. The van der Waals surface area contributed by atoms with Crippen molar-refractivity contribution >= 4 is 21.6 Å². The molecule has 146 valence electrons. The van der Waals surface area contributed by atoms with Gasteiger partial charge in [0.2, 0.25) is 10.0 Å². The lowest BCUT2D eigenvalue weighted by molar-refractivity contribution is 0.0953. The highest BCUT2D eigenvalue weighted by Crippen LogP contribution is 2.23.